The van der Waals surface area contributed by atoms with E-state index in [0.29, 0.717) is 11.4 Å². The lowest BCUT2D eigenvalue weighted by Gasteiger charge is -2.45. The highest BCUT2D eigenvalue weighted by Crippen LogP contribution is 2.54. The molecule has 4 nitrogen and oxygen atoms in total. The molecule has 1 aliphatic rings. The van der Waals surface area contributed by atoms with E-state index in [1.54, 1.807) is 18.2 Å². The molecule has 0 unspecified atom stereocenters. The second-order valence-corrected chi connectivity index (χ2v) is 5.31. The van der Waals surface area contributed by atoms with E-state index in [4.69, 9.17) is 5.73 Å². The number of halogens is 2. The Kier molecular flexibility index (Phi) is 2.97. The van der Waals surface area contributed by atoms with Crippen LogP contribution in [-0.2, 0) is 5.41 Å². The van der Waals surface area contributed by atoms with Crippen LogP contribution in [0.15, 0.2) is 42.7 Å². The van der Waals surface area contributed by atoms with Gasteiger partial charge >= 0.3 is 0 Å². The molecule has 0 radical (unpaired) electrons. The smallest absolute Gasteiger partial charge is 0.250 e. The van der Waals surface area contributed by atoms with Crippen LogP contribution in [0.3, 0.4) is 0 Å². The Morgan fingerprint density at radius 2 is 1.90 bits per heavy atom. The summed E-state index contributed by atoms with van der Waals surface area (Å²) in [6.45, 7) is 0. The van der Waals surface area contributed by atoms with Crippen LogP contribution in [0, 0.1) is 0 Å². The lowest BCUT2D eigenvalue weighted by atomic mass is 9.60. The third-order valence-electron chi connectivity index (χ3n) is 3.73. The van der Waals surface area contributed by atoms with Crippen LogP contribution < -0.4 is 5.73 Å². The molecule has 3 rings (SSSR count). The van der Waals surface area contributed by atoms with Gasteiger partial charge in [0.1, 0.15) is 5.69 Å². The summed E-state index contributed by atoms with van der Waals surface area (Å²) in [6.07, 6.45) is 1.76. The average molecular weight is 289 g/mol. The molecule has 0 amide bonds. The summed E-state index contributed by atoms with van der Waals surface area (Å²) in [7, 11) is 0. The number of anilines is 1. The zero-order chi connectivity index (χ0) is 15.1. The summed E-state index contributed by atoms with van der Waals surface area (Å²) in [5.74, 6) is -3.28. The first-order valence-corrected chi connectivity index (χ1v) is 6.49. The van der Waals surface area contributed by atoms with Crippen LogP contribution >= 0.6 is 0 Å². The van der Waals surface area contributed by atoms with Crippen LogP contribution in [-0.4, -0.2) is 21.7 Å². The van der Waals surface area contributed by atoms with E-state index >= 15 is 0 Å². The summed E-state index contributed by atoms with van der Waals surface area (Å²) in [6, 6.07) is 7.95. The SMILES string of the molecule is Nc1ccc(C(=O)C2(c3ccccn3)CC(F)(F)C2)nc1. The van der Waals surface area contributed by atoms with E-state index in [1.165, 1.54) is 24.5 Å². The molecule has 1 saturated carbocycles. The molecule has 108 valence electrons. The number of nitrogen functional groups attached to an aromatic ring is 1. The van der Waals surface area contributed by atoms with Crippen LogP contribution in [0.2, 0.25) is 0 Å². The van der Waals surface area contributed by atoms with Gasteiger partial charge in [-0.25, -0.2) is 8.78 Å². The second kappa shape index (κ2) is 4.58. The molecular weight excluding hydrogens is 276 g/mol. The van der Waals surface area contributed by atoms with Gasteiger partial charge in [0.05, 0.1) is 23.0 Å². The highest BCUT2D eigenvalue weighted by atomic mass is 19.3. The van der Waals surface area contributed by atoms with Gasteiger partial charge in [-0.1, -0.05) is 6.07 Å². The number of rotatable bonds is 3. The van der Waals surface area contributed by atoms with Crippen molar-refractivity contribution < 1.29 is 13.6 Å². The quantitative estimate of drug-likeness (QED) is 0.882. The van der Waals surface area contributed by atoms with Gasteiger partial charge < -0.3 is 5.73 Å². The van der Waals surface area contributed by atoms with Gasteiger partial charge in [-0.15, -0.1) is 0 Å². The van der Waals surface area contributed by atoms with Crippen LogP contribution in [0.25, 0.3) is 0 Å². The Morgan fingerprint density at radius 3 is 2.43 bits per heavy atom. The summed E-state index contributed by atoms with van der Waals surface area (Å²) >= 11 is 0. The van der Waals surface area contributed by atoms with Gasteiger partial charge in [-0.05, 0) is 24.3 Å². The van der Waals surface area contributed by atoms with E-state index in [2.05, 4.69) is 9.97 Å². The number of Topliss-reactive ketones (excluding diaryl/α,β-unsaturated/α-hetero) is 1. The van der Waals surface area contributed by atoms with Crippen molar-refractivity contribution in [2.24, 2.45) is 0 Å². The lowest BCUT2D eigenvalue weighted by Crippen LogP contribution is -2.55. The third-order valence-corrected chi connectivity index (χ3v) is 3.73. The van der Waals surface area contributed by atoms with Crippen molar-refractivity contribution in [3.8, 4) is 0 Å². The topological polar surface area (TPSA) is 68.9 Å². The molecule has 6 heteroatoms. The van der Waals surface area contributed by atoms with Gasteiger partial charge in [0.25, 0.3) is 5.92 Å². The molecule has 0 aliphatic heterocycles. The first kappa shape index (κ1) is 13.6. The molecule has 2 N–H and O–H groups in total. The van der Waals surface area contributed by atoms with E-state index in [0.717, 1.165) is 0 Å². The van der Waals surface area contributed by atoms with Crippen LogP contribution in [0.4, 0.5) is 14.5 Å². The maximum atomic E-state index is 13.4. The minimum atomic E-state index is -2.85. The number of nitrogens with two attached hydrogens (primary N) is 1. The first-order valence-electron chi connectivity index (χ1n) is 6.49. The first-order chi connectivity index (χ1) is 9.93. The highest BCUT2D eigenvalue weighted by molar-refractivity contribution is 6.03. The Hall–Kier alpha value is -2.37. The number of alkyl halides is 2. The summed E-state index contributed by atoms with van der Waals surface area (Å²) in [4.78, 5) is 20.7. The summed E-state index contributed by atoms with van der Waals surface area (Å²) < 4.78 is 26.9. The molecule has 0 bridgehead atoms. The minimum Gasteiger partial charge on any atom is -0.397 e. The number of aromatic nitrogens is 2. The summed E-state index contributed by atoms with van der Waals surface area (Å²) in [5.41, 5.74) is 5.14. The molecule has 0 aromatic carbocycles. The predicted molar refractivity (Wildman–Crippen MR) is 73.1 cm³/mol. The van der Waals surface area contributed by atoms with Crippen molar-refractivity contribution in [2.45, 2.75) is 24.2 Å². The molecular formula is C15H13F2N3O. The van der Waals surface area contributed by atoms with E-state index < -0.39 is 30.0 Å². The molecule has 1 aliphatic carbocycles. The molecule has 2 heterocycles. The number of carbonyl (C=O) groups is 1. The second-order valence-electron chi connectivity index (χ2n) is 5.31. The largest absolute Gasteiger partial charge is 0.397 e. The van der Waals surface area contributed by atoms with E-state index in [1.807, 2.05) is 0 Å². The van der Waals surface area contributed by atoms with Crippen LogP contribution in [0.5, 0.6) is 0 Å². The Balaban J connectivity index is 2.01. The van der Waals surface area contributed by atoms with Gasteiger partial charge in [-0.2, -0.15) is 0 Å². The normalized spacial score (nSPS) is 18.8. The monoisotopic (exact) mass is 289 g/mol. The fraction of sp³-hybridized carbons (Fsp3) is 0.267. The van der Waals surface area contributed by atoms with Gasteiger partial charge in [0.15, 0.2) is 5.78 Å². The van der Waals surface area contributed by atoms with Crippen molar-refractivity contribution in [1.82, 2.24) is 9.97 Å². The maximum absolute atomic E-state index is 13.4. The van der Waals surface area contributed by atoms with E-state index in [-0.39, 0.29) is 5.69 Å². The van der Waals surface area contributed by atoms with Crippen molar-refractivity contribution in [3.63, 3.8) is 0 Å². The highest BCUT2D eigenvalue weighted by Gasteiger charge is 2.62. The Morgan fingerprint density at radius 1 is 1.14 bits per heavy atom. The molecule has 0 spiro atoms. The van der Waals surface area contributed by atoms with Crippen molar-refractivity contribution in [2.75, 3.05) is 5.73 Å². The molecule has 1 fully saturated rings. The Labute approximate surface area is 120 Å². The Bertz CT molecular complexity index is 663. The van der Waals surface area contributed by atoms with Gasteiger partial charge in [0.2, 0.25) is 0 Å². The maximum Gasteiger partial charge on any atom is 0.250 e. The summed E-state index contributed by atoms with van der Waals surface area (Å²) in [5, 5.41) is 0. The number of nitrogens with zero attached hydrogens (tertiary/aromatic N) is 2. The minimum absolute atomic E-state index is 0.130. The lowest BCUT2D eigenvalue weighted by molar-refractivity contribution is -0.114. The third kappa shape index (κ3) is 2.26. The van der Waals surface area contributed by atoms with Crippen molar-refractivity contribution in [3.05, 3.63) is 54.1 Å². The van der Waals surface area contributed by atoms with E-state index in [9.17, 15) is 13.6 Å². The van der Waals surface area contributed by atoms with Gasteiger partial charge in [-0.3, -0.25) is 14.8 Å². The van der Waals surface area contributed by atoms with Crippen LogP contribution in [0.1, 0.15) is 29.0 Å². The van der Waals surface area contributed by atoms with Crippen molar-refractivity contribution >= 4 is 11.5 Å². The number of pyridine rings is 2. The predicted octanol–water partition coefficient (Wildman–Crippen LogP) is 2.61. The fourth-order valence-corrected chi connectivity index (χ4v) is 2.72. The number of carbonyl (C=O) groups excluding carboxylic acids is 1. The molecule has 2 aromatic rings. The molecule has 21 heavy (non-hydrogen) atoms. The zero-order valence-corrected chi connectivity index (χ0v) is 11.1. The standard InChI is InChI=1S/C15H13F2N3O/c16-15(17)8-14(9-15,12-3-1-2-6-19-12)13(21)11-5-4-10(18)7-20-11/h1-7H,8-9,18H2. The number of hydrogen-bond acceptors (Lipinski definition) is 4. The molecule has 2 aromatic heterocycles. The van der Waals surface area contributed by atoms with Gasteiger partial charge in [0, 0.05) is 19.0 Å². The average Bonchev–Trinajstić information content (AvgIpc) is 2.45. The molecule has 0 saturated heterocycles. The fourth-order valence-electron chi connectivity index (χ4n) is 2.72. The number of ketones is 1. The zero-order valence-electron chi connectivity index (χ0n) is 11.1. The number of hydrogen-bond donors (Lipinski definition) is 1. The molecule has 0 atom stereocenters. The van der Waals surface area contributed by atoms with Crippen molar-refractivity contribution in [1.29, 1.82) is 0 Å².